The number of hydrogen-bond donors (Lipinski definition) is 1. The number of benzene rings is 1. The van der Waals surface area contributed by atoms with Gasteiger partial charge in [0.1, 0.15) is 11.6 Å². The molecule has 0 radical (unpaired) electrons. The fraction of sp³-hybridized carbons (Fsp3) is 0.133. The number of amides is 1. The van der Waals surface area contributed by atoms with Crippen LogP contribution in [0.1, 0.15) is 22.8 Å². The zero-order valence-electron chi connectivity index (χ0n) is 11.2. The molecular formula is C15H14N2O3. The minimum atomic E-state index is -0.397. The molecule has 1 aromatic heterocycles. The molecule has 2 rings (SSSR count). The van der Waals surface area contributed by atoms with Gasteiger partial charge in [-0.2, -0.15) is 0 Å². The third-order valence-electron chi connectivity index (χ3n) is 2.54. The lowest BCUT2D eigenvalue weighted by atomic mass is 10.2. The number of esters is 1. The Morgan fingerprint density at radius 3 is 2.45 bits per heavy atom. The summed E-state index contributed by atoms with van der Waals surface area (Å²) >= 11 is 0. The van der Waals surface area contributed by atoms with Crippen molar-refractivity contribution in [3.05, 3.63) is 53.7 Å². The van der Waals surface area contributed by atoms with Crippen molar-refractivity contribution in [1.82, 2.24) is 4.98 Å². The zero-order chi connectivity index (χ0) is 14.5. The molecular weight excluding hydrogens is 256 g/mol. The molecule has 0 aliphatic rings. The number of carbonyl (C=O) groups excluding carboxylic acids is 2. The van der Waals surface area contributed by atoms with Gasteiger partial charge in [-0.3, -0.25) is 9.59 Å². The average molecular weight is 270 g/mol. The van der Waals surface area contributed by atoms with Crippen molar-refractivity contribution in [2.24, 2.45) is 0 Å². The van der Waals surface area contributed by atoms with Crippen molar-refractivity contribution in [2.75, 3.05) is 5.32 Å². The van der Waals surface area contributed by atoms with E-state index in [4.69, 9.17) is 4.74 Å². The molecule has 1 amide bonds. The molecule has 0 unspecified atom stereocenters. The molecule has 2 aromatic rings. The summed E-state index contributed by atoms with van der Waals surface area (Å²) in [5, 5.41) is 2.70. The Morgan fingerprint density at radius 2 is 1.85 bits per heavy atom. The average Bonchev–Trinajstić information content (AvgIpc) is 2.38. The highest BCUT2D eigenvalue weighted by Gasteiger charge is 2.07. The number of ether oxygens (including phenoxy) is 1. The van der Waals surface area contributed by atoms with E-state index in [-0.39, 0.29) is 5.91 Å². The third-order valence-corrected chi connectivity index (χ3v) is 2.54. The lowest BCUT2D eigenvalue weighted by Crippen LogP contribution is -2.13. The van der Waals surface area contributed by atoms with Gasteiger partial charge < -0.3 is 10.1 Å². The van der Waals surface area contributed by atoms with Gasteiger partial charge in [0, 0.05) is 18.7 Å². The molecule has 1 N–H and O–H groups in total. The van der Waals surface area contributed by atoms with E-state index in [1.165, 1.54) is 6.92 Å². The summed E-state index contributed by atoms with van der Waals surface area (Å²) in [6.07, 6.45) is 1.63. The van der Waals surface area contributed by atoms with Crippen LogP contribution < -0.4 is 10.1 Å². The summed E-state index contributed by atoms with van der Waals surface area (Å²) in [5.41, 5.74) is 1.48. The third kappa shape index (κ3) is 3.65. The van der Waals surface area contributed by atoms with Crippen LogP contribution in [-0.2, 0) is 4.79 Å². The number of anilines is 1. The van der Waals surface area contributed by atoms with Gasteiger partial charge in [-0.05, 0) is 48.9 Å². The highest BCUT2D eigenvalue weighted by Crippen LogP contribution is 2.14. The second-order valence-electron chi connectivity index (χ2n) is 4.29. The molecule has 0 saturated carbocycles. The maximum Gasteiger partial charge on any atom is 0.308 e. The zero-order valence-corrected chi connectivity index (χ0v) is 11.2. The quantitative estimate of drug-likeness (QED) is 0.687. The lowest BCUT2D eigenvalue weighted by Gasteiger charge is -2.06. The van der Waals surface area contributed by atoms with Gasteiger partial charge >= 0.3 is 5.97 Å². The van der Waals surface area contributed by atoms with Crippen molar-refractivity contribution in [3.63, 3.8) is 0 Å². The van der Waals surface area contributed by atoms with Gasteiger partial charge in [0.15, 0.2) is 0 Å². The molecule has 0 atom stereocenters. The number of hydrogen-bond acceptors (Lipinski definition) is 4. The van der Waals surface area contributed by atoms with Crippen LogP contribution in [-0.4, -0.2) is 16.9 Å². The summed E-state index contributed by atoms with van der Waals surface area (Å²) in [6.45, 7) is 3.25. The maximum atomic E-state index is 12.0. The Morgan fingerprint density at radius 1 is 1.15 bits per heavy atom. The predicted octanol–water partition coefficient (Wildman–Crippen LogP) is 2.57. The Balaban J connectivity index is 2.07. The van der Waals surface area contributed by atoms with Crippen LogP contribution >= 0.6 is 0 Å². The minimum Gasteiger partial charge on any atom is -0.427 e. The second-order valence-corrected chi connectivity index (χ2v) is 4.29. The van der Waals surface area contributed by atoms with E-state index in [9.17, 15) is 9.59 Å². The van der Waals surface area contributed by atoms with Gasteiger partial charge in [0.05, 0.1) is 0 Å². The van der Waals surface area contributed by atoms with E-state index in [0.29, 0.717) is 17.1 Å². The molecule has 0 fully saturated rings. The second kappa shape index (κ2) is 5.97. The van der Waals surface area contributed by atoms with Crippen LogP contribution in [0, 0.1) is 6.92 Å². The maximum absolute atomic E-state index is 12.0. The molecule has 5 nitrogen and oxygen atoms in total. The molecule has 20 heavy (non-hydrogen) atoms. The van der Waals surface area contributed by atoms with Gasteiger partial charge in [0.2, 0.25) is 0 Å². The Labute approximate surface area is 116 Å². The molecule has 0 aliphatic carbocycles. The van der Waals surface area contributed by atoms with Crippen molar-refractivity contribution in [3.8, 4) is 5.75 Å². The smallest absolute Gasteiger partial charge is 0.308 e. The SMILES string of the molecule is CC(=O)Oc1ccc(C(=O)Nc2cc(C)ccn2)cc1. The summed E-state index contributed by atoms with van der Waals surface area (Å²) in [5.74, 6) is 0.241. The topological polar surface area (TPSA) is 68.3 Å². The normalized spacial score (nSPS) is 9.90. The number of rotatable bonds is 3. The van der Waals surface area contributed by atoms with E-state index >= 15 is 0 Å². The fourth-order valence-corrected chi connectivity index (χ4v) is 1.63. The monoisotopic (exact) mass is 270 g/mol. The van der Waals surface area contributed by atoms with Crippen molar-refractivity contribution < 1.29 is 14.3 Å². The number of nitrogens with one attached hydrogen (secondary N) is 1. The molecule has 1 aromatic carbocycles. The van der Waals surface area contributed by atoms with Crippen LogP contribution in [0.5, 0.6) is 5.75 Å². The van der Waals surface area contributed by atoms with Crippen LogP contribution in [0.3, 0.4) is 0 Å². The number of nitrogens with zero attached hydrogens (tertiary/aromatic N) is 1. The Hall–Kier alpha value is -2.69. The Bertz CT molecular complexity index is 636. The van der Waals surface area contributed by atoms with Gasteiger partial charge in [0.25, 0.3) is 5.91 Å². The standard InChI is InChI=1S/C15H14N2O3/c1-10-7-8-16-14(9-10)17-15(19)12-3-5-13(6-4-12)20-11(2)18/h3-9H,1-2H3,(H,16,17,19). The minimum absolute atomic E-state index is 0.266. The van der Waals surface area contributed by atoms with E-state index in [0.717, 1.165) is 5.56 Å². The van der Waals surface area contributed by atoms with Crippen LogP contribution in [0.15, 0.2) is 42.6 Å². The van der Waals surface area contributed by atoms with Gasteiger partial charge in [-0.15, -0.1) is 0 Å². The largest absolute Gasteiger partial charge is 0.427 e. The van der Waals surface area contributed by atoms with Crippen LogP contribution in [0.4, 0.5) is 5.82 Å². The molecule has 0 saturated heterocycles. The first-order valence-corrected chi connectivity index (χ1v) is 6.07. The molecule has 0 aliphatic heterocycles. The van der Waals surface area contributed by atoms with E-state index in [1.807, 2.05) is 13.0 Å². The van der Waals surface area contributed by atoms with Gasteiger partial charge in [-0.25, -0.2) is 4.98 Å². The molecule has 0 bridgehead atoms. The van der Waals surface area contributed by atoms with E-state index in [2.05, 4.69) is 10.3 Å². The highest BCUT2D eigenvalue weighted by molar-refractivity contribution is 6.03. The summed E-state index contributed by atoms with van der Waals surface area (Å²) in [7, 11) is 0. The first-order valence-electron chi connectivity index (χ1n) is 6.07. The lowest BCUT2D eigenvalue weighted by molar-refractivity contribution is -0.131. The number of carbonyl (C=O) groups is 2. The Kier molecular flexibility index (Phi) is 4.10. The first-order chi connectivity index (χ1) is 9.54. The summed E-state index contributed by atoms with van der Waals surface area (Å²) in [4.78, 5) is 26.9. The van der Waals surface area contributed by atoms with Gasteiger partial charge in [-0.1, -0.05) is 0 Å². The predicted molar refractivity (Wildman–Crippen MR) is 74.7 cm³/mol. The molecule has 102 valence electrons. The molecule has 0 spiro atoms. The fourth-order valence-electron chi connectivity index (χ4n) is 1.63. The summed E-state index contributed by atoms with van der Waals surface area (Å²) in [6, 6.07) is 9.95. The van der Waals surface area contributed by atoms with E-state index < -0.39 is 5.97 Å². The van der Waals surface area contributed by atoms with Crippen LogP contribution in [0.2, 0.25) is 0 Å². The van der Waals surface area contributed by atoms with Crippen molar-refractivity contribution in [2.45, 2.75) is 13.8 Å². The summed E-state index contributed by atoms with van der Waals surface area (Å²) < 4.78 is 4.90. The molecule has 5 heteroatoms. The first kappa shape index (κ1) is 13.7. The van der Waals surface area contributed by atoms with Crippen molar-refractivity contribution >= 4 is 17.7 Å². The number of pyridine rings is 1. The number of aryl methyl sites for hydroxylation is 1. The molecule has 1 heterocycles. The highest BCUT2D eigenvalue weighted by atomic mass is 16.5. The number of aromatic nitrogens is 1. The van der Waals surface area contributed by atoms with E-state index in [1.54, 1.807) is 36.5 Å². The van der Waals surface area contributed by atoms with Crippen molar-refractivity contribution in [1.29, 1.82) is 0 Å². The van der Waals surface area contributed by atoms with Crippen LogP contribution in [0.25, 0.3) is 0 Å².